The standard InChI is InChI=1S/C24H41BN4O2.C3H8/c1-8-13-25(7)17(2)9-10-18(3)28-20-12-15-29(23(30)31-24(4,5)6)21-16-27-14-11-19(26)22(20)21;1-3-2/h9-10,21,27H,8,11-16,26H2,1-7H3;3H2,1-2H3/b17-9+,18-10+,28-20?;. The van der Waals surface area contributed by atoms with Crippen LogP contribution in [0.4, 0.5) is 4.79 Å². The molecule has 1 atom stereocenters. The van der Waals surface area contributed by atoms with Crippen molar-refractivity contribution in [1.29, 1.82) is 0 Å². The Balaban J connectivity index is 0.00000182. The van der Waals surface area contributed by atoms with Gasteiger partial charge in [-0.2, -0.15) is 0 Å². The number of aliphatic imine (C=N–C) groups is 1. The molecular weight excluding hydrogens is 423 g/mol. The van der Waals surface area contributed by atoms with E-state index in [1.807, 2.05) is 27.7 Å². The first kappa shape index (κ1) is 30.0. The number of ether oxygens (including phenoxy) is 1. The quantitative estimate of drug-likeness (QED) is 0.381. The summed E-state index contributed by atoms with van der Waals surface area (Å²) in [5, 5.41) is 3.41. The average molecular weight is 473 g/mol. The van der Waals surface area contributed by atoms with Gasteiger partial charge in [-0.05, 0) is 40.2 Å². The number of carbonyl (C=O) groups is 1. The van der Waals surface area contributed by atoms with Gasteiger partial charge in [-0.25, -0.2) is 4.79 Å². The number of carbonyl (C=O) groups excluding carboxylic acids is 1. The van der Waals surface area contributed by atoms with Crippen molar-refractivity contribution in [3.05, 3.63) is 34.6 Å². The summed E-state index contributed by atoms with van der Waals surface area (Å²) in [5.41, 5.74) is 11.1. The smallest absolute Gasteiger partial charge is 0.410 e. The highest BCUT2D eigenvalue weighted by Gasteiger charge is 2.38. The van der Waals surface area contributed by atoms with Gasteiger partial charge in [-0.3, -0.25) is 9.89 Å². The lowest BCUT2D eigenvalue weighted by molar-refractivity contribution is 0.0191. The van der Waals surface area contributed by atoms with Gasteiger partial charge in [0.1, 0.15) is 5.60 Å². The molecule has 2 rings (SSSR count). The third-order valence-corrected chi connectivity index (χ3v) is 5.89. The number of hydrogen-bond acceptors (Lipinski definition) is 5. The molecule has 2 heterocycles. The topological polar surface area (TPSA) is 80.0 Å². The number of nitrogens with zero attached hydrogens (tertiary/aromatic N) is 2. The molecule has 0 spiro atoms. The highest BCUT2D eigenvalue weighted by molar-refractivity contribution is 6.65. The van der Waals surface area contributed by atoms with Crippen LogP contribution in [0.1, 0.15) is 81.1 Å². The van der Waals surface area contributed by atoms with Crippen LogP contribution < -0.4 is 11.1 Å². The molecule has 0 bridgehead atoms. The van der Waals surface area contributed by atoms with Crippen molar-refractivity contribution >= 4 is 18.5 Å². The number of likely N-dealkylation sites (tertiary alicyclic amines) is 1. The lowest BCUT2D eigenvalue weighted by Gasteiger charge is -2.39. The Morgan fingerprint density at radius 2 is 1.88 bits per heavy atom. The Kier molecular flexibility index (Phi) is 12.7. The van der Waals surface area contributed by atoms with Crippen LogP contribution >= 0.6 is 0 Å². The second-order valence-corrected chi connectivity index (χ2v) is 10.5. The SMILES string of the molecule is CCC.CCCB(C)/C(C)=C/C=C(\C)N=C1CCN(C(=O)OC(C)(C)C)C2CNCCC(N)=C12. The fourth-order valence-electron chi connectivity index (χ4n) is 4.06. The Bertz CT molecular complexity index is 793. The molecule has 6 nitrogen and oxygen atoms in total. The maximum Gasteiger partial charge on any atom is 0.410 e. The zero-order chi connectivity index (χ0) is 25.9. The summed E-state index contributed by atoms with van der Waals surface area (Å²) in [6, 6.07) is -0.153. The van der Waals surface area contributed by atoms with Gasteiger partial charge in [-0.1, -0.05) is 59.8 Å². The molecule has 0 aliphatic carbocycles. The molecule has 2 aliphatic rings. The molecule has 0 aromatic carbocycles. The summed E-state index contributed by atoms with van der Waals surface area (Å²) in [6.45, 7) is 21.2. The minimum atomic E-state index is -0.530. The van der Waals surface area contributed by atoms with Crippen molar-refractivity contribution in [2.45, 2.75) is 106 Å². The molecule has 34 heavy (non-hydrogen) atoms. The molecule has 192 valence electrons. The fourth-order valence-corrected chi connectivity index (χ4v) is 4.06. The molecule has 1 fully saturated rings. The van der Waals surface area contributed by atoms with E-state index in [9.17, 15) is 4.79 Å². The van der Waals surface area contributed by atoms with Gasteiger partial charge in [0.05, 0.1) is 6.04 Å². The predicted octanol–water partition coefficient (Wildman–Crippen LogP) is 5.98. The van der Waals surface area contributed by atoms with E-state index >= 15 is 0 Å². The van der Waals surface area contributed by atoms with E-state index in [1.54, 1.807) is 4.90 Å². The van der Waals surface area contributed by atoms with Gasteiger partial charge in [0.15, 0.2) is 6.71 Å². The summed E-state index contributed by atoms with van der Waals surface area (Å²) in [5.74, 6) is 0. The van der Waals surface area contributed by atoms with Crippen LogP contribution in [0.15, 0.2) is 39.6 Å². The minimum Gasteiger partial charge on any atom is -0.444 e. The van der Waals surface area contributed by atoms with Crippen LogP contribution in [0.2, 0.25) is 13.1 Å². The maximum atomic E-state index is 12.9. The van der Waals surface area contributed by atoms with Gasteiger partial charge in [-0.15, -0.1) is 5.47 Å². The molecule has 0 aromatic rings. The Morgan fingerprint density at radius 1 is 1.24 bits per heavy atom. The van der Waals surface area contributed by atoms with Crippen LogP contribution in [0.5, 0.6) is 0 Å². The summed E-state index contributed by atoms with van der Waals surface area (Å²) in [7, 11) is 0. The van der Waals surface area contributed by atoms with Gasteiger partial charge in [0, 0.05) is 48.7 Å². The third-order valence-electron chi connectivity index (χ3n) is 5.89. The first-order valence-electron chi connectivity index (χ1n) is 13.1. The molecule has 1 saturated heterocycles. The molecular formula is C27H49BN4O2. The van der Waals surface area contributed by atoms with E-state index in [4.69, 9.17) is 15.5 Å². The molecule has 7 heteroatoms. The molecule has 0 saturated carbocycles. The van der Waals surface area contributed by atoms with Gasteiger partial charge < -0.3 is 15.8 Å². The van der Waals surface area contributed by atoms with E-state index < -0.39 is 5.60 Å². The monoisotopic (exact) mass is 472 g/mol. The maximum absolute atomic E-state index is 12.9. The van der Waals surface area contributed by atoms with Crippen LogP contribution in [0.25, 0.3) is 0 Å². The molecule has 2 aliphatic heterocycles. The predicted molar refractivity (Wildman–Crippen MR) is 148 cm³/mol. The number of rotatable bonds is 5. The molecule has 1 unspecified atom stereocenters. The lowest BCUT2D eigenvalue weighted by Crippen LogP contribution is -2.53. The zero-order valence-electron chi connectivity index (χ0n) is 23.3. The Labute approximate surface area is 209 Å². The number of allylic oxidation sites excluding steroid dienone is 4. The first-order valence-corrected chi connectivity index (χ1v) is 13.1. The van der Waals surface area contributed by atoms with Crippen molar-refractivity contribution in [3.8, 4) is 0 Å². The van der Waals surface area contributed by atoms with E-state index in [0.717, 1.165) is 35.6 Å². The summed E-state index contributed by atoms with van der Waals surface area (Å²) < 4.78 is 5.66. The largest absolute Gasteiger partial charge is 0.444 e. The number of nitrogens with one attached hydrogen (secondary N) is 1. The van der Waals surface area contributed by atoms with Crippen molar-refractivity contribution < 1.29 is 9.53 Å². The highest BCUT2D eigenvalue weighted by atomic mass is 16.6. The van der Waals surface area contributed by atoms with Crippen molar-refractivity contribution in [2.75, 3.05) is 19.6 Å². The normalized spacial score (nSPS) is 20.9. The number of nitrogens with two attached hydrogens (primary N) is 1. The molecule has 0 radical (unpaired) electrons. The molecule has 1 amide bonds. The second-order valence-electron chi connectivity index (χ2n) is 10.5. The first-order chi connectivity index (χ1) is 15.9. The molecule has 3 N–H and O–H groups in total. The summed E-state index contributed by atoms with van der Waals surface area (Å²) in [6.07, 6.45) is 9.04. The Hall–Kier alpha value is -2.02. The number of hydrogen-bond donors (Lipinski definition) is 2. The van der Waals surface area contributed by atoms with Crippen LogP contribution in [0.3, 0.4) is 0 Å². The van der Waals surface area contributed by atoms with Crippen LogP contribution in [-0.2, 0) is 4.74 Å². The molecule has 0 aromatic heterocycles. The van der Waals surface area contributed by atoms with E-state index in [-0.39, 0.29) is 12.1 Å². The zero-order valence-corrected chi connectivity index (χ0v) is 23.3. The average Bonchev–Trinajstić information content (AvgIpc) is 2.93. The number of amides is 1. The minimum absolute atomic E-state index is 0.153. The highest BCUT2D eigenvalue weighted by Crippen LogP contribution is 2.28. The van der Waals surface area contributed by atoms with E-state index in [2.05, 4.69) is 52.0 Å². The fraction of sp³-hybridized carbons (Fsp3) is 0.704. The van der Waals surface area contributed by atoms with Crippen molar-refractivity contribution in [3.63, 3.8) is 0 Å². The van der Waals surface area contributed by atoms with Gasteiger partial charge in [0.2, 0.25) is 0 Å². The Morgan fingerprint density at radius 3 is 2.47 bits per heavy atom. The van der Waals surface area contributed by atoms with E-state index in [0.29, 0.717) is 26.2 Å². The van der Waals surface area contributed by atoms with Gasteiger partial charge in [0.25, 0.3) is 0 Å². The number of fused-ring (bicyclic) bond motifs is 1. The lowest BCUT2D eigenvalue weighted by atomic mass is 9.44. The summed E-state index contributed by atoms with van der Waals surface area (Å²) >= 11 is 0. The van der Waals surface area contributed by atoms with Gasteiger partial charge >= 0.3 is 6.09 Å². The van der Waals surface area contributed by atoms with Crippen molar-refractivity contribution in [2.24, 2.45) is 10.7 Å². The van der Waals surface area contributed by atoms with Crippen LogP contribution in [-0.4, -0.2) is 54.7 Å². The second kappa shape index (κ2) is 14.4. The number of piperidine rings is 1. The van der Waals surface area contributed by atoms with E-state index in [1.165, 1.54) is 24.6 Å². The summed E-state index contributed by atoms with van der Waals surface area (Å²) in [4.78, 5) is 19.6. The van der Waals surface area contributed by atoms with Crippen molar-refractivity contribution in [1.82, 2.24) is 10.2 Å². The third kappa shape index (κ3) is 9.69. The van der Waals surface area contributed by atoms with Crippen LogP contribution in [0, 0.1) is 0 Å².